The summed E-state index contributed by atoms with van der Waals surface area (Å²) in [5.41, 5.74) is 2.65. The summed E-state index contributed by atoms with van der Waals surface area (Å²) in [7, 11) is 0. The van der Waals surface area contributed by atoms with Crippen LogP contribution < -0.4 is 5.32 Å². The molecular formula is C25H29N3OS. The van der Waals surface area contributed by atoms with Crippen LogP contribution in [-0.2, 0) is 11.2 Å². The topological polar surface area (TPSA) is 35.6 Å². The third-order valence-electron chi connectivity index (χ3n) is 5.64. The van der Waals surface area contributed by atoms with E-state index in [0.29, 0.717) is 13.1 Å². The van der Waals surface area contributed by atoms with E-state index < -0.39 is 0 Å². The van der Waals surface area contributed by atoms with E-state index in [1.807, 2.05) is 0 Å². The molecule has 1 aliphatic heterocycles. The Balaban J connectivity index is 1.30. The number of nitrogens with zero attached hydrogens (tertiary/aromatic N) is 2. The second kappa shape index (κ2) is 10.5. The molecule has 4 nitrogen and oxygen atoms in total. The van der Waals surface area contributed by atoms with Crippen LogP contribution in [0.5, 0.6) is 0 Å². The number of thiophene rings is 1. The molecule has 156 valence electrons. The highest BCUT2D eigenvalue weighted by Crippen LogP contribution is 2.29. The van der Waals surface area contributed by atoms with Gasteiger partial charge in [0, 0.05) is 37.6 Å². The minimum Gasteiger partial charge on any atom is -0.355 e. The fraction of sp³-hybridized carbons (Fsp3) is 0.320. The smallest absolute Gasteiger partial charge is 0.234 e. The van der Waals surface area contributed by atoms with Crippen LogP contribution in [0.25, 0.3) is 0 Å². The van der Waals surface area contributed by atoms with Gasteiger partial charge in [0.1, 0.15) is 0 Å². The first-order valence-electron chi connectivity index (χ1n) is 10.6. The lowest BCUT2D eigenvalue weighted by Crippen LogP contribution is -2.50. The van der Waals surface area contributed by atoms with Gasteiger partial charge in [0.2, 0.25) is 5.91 Å². The van der Waals surface area contributed by atoms with Crippen molar-refractivity contribution in [3.63, 3.8) is 0 Å². The van der Waals surface area contributed by atoms with Crippen molar-refractivity contribution in [3.8, 4) is 0 Å². The van der Waals surface area contributed by atoms with Crippen molar-refractivity contribution in [2.75, 3.05) is 39.3 Å². The van der Waals surface area contributed by atoms with Crippen molar-refractivity contribution in [3.05, 3.63) is 94.2 Å². The Morgan fingerprint density at radius 2 is 1.50 bits per heavy atom. The van der Waals surface area contributed by atoms with Gasteiger partial charge in [-0.25, -0.2) is 0 Å². The average molecular weight is 420 g/mol. The maximum absolute atomic E-state index is 12.3. The van der Waals surface area contributed by atoms with Gasteiger partial charge >= 0.3 is 0 Å². The second-order valence-electron chi connectivity index (χ2n) is 7.72. The van der Waals surface area contributed by atoms with E-state index in [1.165, 1.54) is 16.0 Å². The van der Waals surface area contributed by atoms with E-state index in [0.717, 1.165) is 32.6 Å². The molecule has 2 aromatic carbocycles. The minimum atomic E-state index is 0.127. The Bertz CT molecular complexity index is 851. The van der Waals surface area contributed by atoms with Gasteiger partial charge in [-0.3, -0.25) is 14.6 Å². The minimum absolute atomic E-state index is 0.127. The molecule has 4 rings (SSSR count). The Morgan fingerprint density at radius 1 is 0.867 bits per heavy atom. The maximum atomic E-state index is 12.3. The number of amides is 1. The lowest BCUT2D eigenvalue weighted by Gasteiger charge is -2.39. The van der Waals surface area contributed by atoms with Crippen molar-refractivity contribution in [1.29, 1.82) is 0 Å². The van der Waals surface area contributed by atoms with Gasteiger partial charge < -0.3 is 5.32 Å². The lowest BCUT2D eigenvalue weighted by atomic mass is 9.96. The van der Waals surface area contributed by atoms with Crippen LogP contribution in [0.1, 0.15) is 22.0 Å². The molecule has 0 aliphatic carbocycles. The predicted octanol–water partition coefficient (Wildman–Crippen LogP) is 3.81. The third-order valence-corrected chi connectivity index (χ3v) is 6.58. The first kappa shape index (κ1) is 20.8. The summed E-state index contributed by atoms with van der Waals surface area (Å²) in [6.07, 6.45) is 0.910. The number of benzene rings is 2. The number of hydrogen-bond acceptors (Lipinski definition) is 4. The number of carbonyl (C=O) groups excluding carboxylic acids is 1. The van der Waals surface area contributed by atoms with Crippen molar-refractivity contribution in [2.24, 2.45) is 0 Å². The summed E-state index contributed by atoms with van der Waals surface area (Å²) in [5.74, 6) is 0.127. The van der Waals surface area contributed by atoms with Crippen molar-refractivity contribution in [1.82, 2.24) is 15.1 Å². The number of carbonyl (C=O) groups is 1. The van der Waals surface area contributed by atoms with Gasteiger partial charge in [-0.05, 0) is 29.0 Å². The number of piperazine rings is 1. The highest BCUT2D eigenvalue weighted by Gasteiger charge is 2.26. The van der Waals surface area contributed by atoms with E-state index in [-0.39, 0.29) is 11.9 Å². The van der Waals surface area contributed by atoms with E-state index >= 15 is 0 Å². The molecule has 1 N–H and O–H groups in total. The molecule has 0 atom stereocenters. The number of hydrogen-bond donors (Lipinski definition) is 1. The van der Waals surface area contributed by atoms with Crippen molar-refractivity contribution in [2.45, 2.75) is 12.5 Å². The zero-order valence-corrected chi connectivity index (χ0v) is 18.1. The Morgan fingerprint density at radius 3 is 2.07 bits per heavy atom. The van der Waals surface area contributed by atoms with E-state index in [1.54, 1.807) is 11.3 Å². The first-order valence-corrected chi connectivity index (χ1v) is 11.5. The Labute approximate surface area is 183 Å². The Hall–Kier alpha value is -2.47. The third kappa shape index (κ3) is 5.57. The molecule has 3 aromatic rings. The van der Waals surface area contributed by atoms with Gasteiger partial charge in [-0.15, -0.1) is 11.3 Å². The molecule has 5 heteroatoms. The molecule has 0 radical (unpaired) electrons. The molecule has 1 fully saturated rings. The largest absolute Gasteiger partial charge is 0.355 e. The summed E-state index contributed by atoms with van der Waals surface area (Å²) in [4.78, 5) is 18.5. The predicted molar refractivity (Wildman–Crippen MR) is 124 cm³/mol. The fourth-order valence-corrected chi connectivity index (χ4v) is 4.81. The molecule has 0 unspecified atom stereocenters. The van der Waals surface area contributed by atoms with Gasteiger partial charge in [0.25, 0.3) is 0 Å². The van der Waals surface area contributed by atoms with Gasteiger partial charge in [-0.2, -0.15) is 0 Å². The van der Waals surface area contributed by atoms with Crippen molar-refractivity contribution < 1.29 is 4.79 Å². The summed E-state index contributed by atoms with van der Waals surface area (Å²) >= 11 is 1.74. The normalized spacial score (nSPS) is 15.4. The zero-order chi connectivity index (χ0) is 20.6. The summed E-state index contributed by atoms with van der Waals surface area (Å²) in [6, 6.07) is 25.9. The number of nitrogens with one attached hydrogen (secondary N) is 1. The van der Waals surface area contributed by atoms with E-state index in [9.17, 15) is 4.79 Å². The molecule has 0 spiro atoms. The van der Waals surface area contributed by atoms with Gasteiger partial charge in [0.15, 0.2) is 0 Å². The molecule has 2 heterocycles. The van der Waals surface area contributed by atoms with Gasteiger partial charge in [-0.1, -0.05) is 66.7 Å². The summed E-state index contributed by atoms with van der Waals surface area (Å²) in [6.45, 7) is 4.93. The molecular weight excluding hydrogens is 390 g/mol. The van der Waals surface area contributed by atoms with E-state index in [2.05, 4.69) is 93.3 Å². The van der Waals surface area contributed by atoms with Crippen LogP contribution in [0.3, 0.4) is 0 Å². The van der Waals surface area contributed by atoms with Crippen molar-refractivity contribution >= 4 is 17.2 Å². The highest BCUT2D eigenvalue weighted by atomic mass is 32.1. The molecule has 1 aromatic heterocycles. The molecule has 1 amide bonds. The fourth-order valence-electron chi connectivity index (χ4n) is 4.10. The second-order valence-corrected chi connectivity index (χ2v) is 8.75. The molecule has 1 saturated heterocycles. The zero-order valence-electron chi connectivity index (χ0n) is 17.2. The summed E-state index contributed by atoms with van der Waals surface area (Å²) in [5, 5.41) is 5.14. The molecule has 0 saturated carbocycles. The van der Waals surface area contributed by atoms with Crippen LogP contribution >= 0.6 is 11.3 Å². The van der Waals surface area contributed by atoms with Gasteiger partial charge in [0.05, 0.1) is 12.6 Å². The average Bonchev–Trinajstić information content (AvgIpc) is 3.30. The number of rotatable bonds is 8. The van der Waals surface area contributed by atoms with Crippen LogP contribution in [0.2, 0.25) is 0 Å². The van der Waals surface area contributed by atoms with Crippen LogP contribution in [0.4, 0.5) is 0 Å². The molecule has 1 aliphatic rings. The highest BCUT2D eigenvalue weighted by molar-refractivity contribution is 7.09. The quantitative estimate of drug-likeness (QED) is 0.603. The molecule has 0 bridgehead atoms. The van der Waals surface area contributed by atoms with Crippen LogP contribution in [-0.4, -0.2) is 55.0 Å². The standard InChI is InChI=1S/C25H29N3OS/c29-24(26-14-13-23-12-7-19-30-23)20-27-15-17-28(18-16-27)25(21-8-3-1-4-9-21)22-10-5-2-6-11-22/h1-12,19,25H,13-18,20H2,(H,26,29). The van der Waals surface area contributed by atoms with Crippen LogP contribution in [0, 0.1) is 0 Å². The SMILES string of the molecule is O=C(CN1CCN(C(c2ccccc2)c2ccccc2)CC1)NCCc1cccs1. The monoisotopic (exact) mass is 419 g/mol. The maximum Gasteiger partial charge on any atom is 0.234 e. The van der Waals surface area contributed by atoms with Crippen LogP contribution in [0.15, 0.2) is 78.2 Å². The first-order chi connectivity index (χ1) is 14.8. The van der Waals surface area contributed by atoms with E-state index in [4.69, 9.17) is 0 Å². The summed E-state index contributed by atoms with van der Waals surface area (Å²) < 4.78 is 0. The Kier molecular flexibility index (Phi) is 7.29. The molecule has 30 heavy (non-hydrogen) atoms. The lowest BCUT2D eigenvalue weighted by molar-refractivity contribution is -0.122.